The Morgan fingerprint density at radius 2 is 1.96 bits per heavy atom. The molecule has 0 fully saturated rings. The molecule has 0 saturated heterocycles. The van der Waals surface area contributed by atoms with E-state index in [1.54, 1.807) is 7.05 Å². The van der Waals surface area contributed by atoms with E-state index in [1.165, 1.54) is 22.5 Å². The van der Waals surface area contributed by atoms with Gasteiger partial charge in [-0.1, -0.05) is 33.1 Å². The number of aromatic nitrogens is 4. The number of fused-ring (bicyclic) bond motifs is 1. The Hall–Kier alpha value is -2.38. The largest absolute Gasteiger partial charge is 0.354 e. The molecule has 0 unspecified atom stereocenters. The van der Waals surface area contributed by atoms with E-state index in [0.29, 0.717) is 12.5 Å². The molecule has 0 saturated carbocycles. The molecule has 138 valence electrons. The van der Waals surface area contributed by atoms with Crippen LogP contribution in [0, 0.1) is 5.92 Å². The van der Waals surface area contributed by atoms with Crippen LogP contribution in [-0.4, -0.2) is 31.1 Å². The van der Waals surface area contributed by atoms with Gasteiger partial charge in [-0.05, 0) is 12.3 Å². The highest BCUT2D eigenvalue weighted by Gasteiger charge is 2.16. The SMILES string of the molecule is CCCC[C@H](CC)CNC(=O)Cn1cnc2c1c(=O)n(C)c(=O)n2C. The molecule has 0 bridgehead atoms. The maximum atomic E-state index is 12.4. The number of hydrogen-bond acceptors (Lipinski definition) is 4. The number of carbonyl (C=O) groups is 1. The number of unbranched alkanes of at least 4 members (excludes halogenated alkanes) is 1. The first-order chi connectivity index (χ1) is 11.9. The van der Waals surface area contributed by atoms with Gasteiger partial charge in [-0.15, -0.1) is 0 Å². The summed E-state index contributed by atoms with van der Waals surface area (Å²) >= 11 is 0. The van der Waals surface area contributed by atoms with Crippen LogP contribution in [0.3, 0.4) is 0 Å². The Balaban J connectivity index is 2.14. The Morgan fingerprint density at radius 1 is 1.24 bits per heavy atom. The molecule has 25 heavy (non-hydrogen) atoms. The zero-order valence-corrected chi connectivity index (χ0v) is 15.4. The lowest BCUT2D eigenvalue weighted by molar-refractivity contribution is -0.121. The van der Waals surface area contributed by atoms with Crippen molar-refractivity contribution in [3.05, 3.63) is 27.2 Å². The summed E-state index contributed by atoms with van der Waals surface area (Å²) in [4.78, 5) is 40.7. The van der Waals surface area contributed by atoms with Crippen LogP contribution in [0.5, 0.6) is 0 Å². The third kappa shape index (κ3) is 4.00. The van der Waals surface area contributed by atoms with Gasteiger partial charge in [-0.25, -0.2) is 9.78 Å². The monoisotopic (exact) mass is 349 g/mol. The first kappa shape index (κ1) is 19.0. The second-order valence-electron chi connectivity index (χ2n) is 6.47. The molecule has 2 heterocycles. The Labute approximate surface area is 146 Å². The second-order valence-corrected chi connectivity index (χ2v) is 6.47. The van der Waals surface area contributed by atoms with E-state index in [9.17, 15) is 14.4 Å². The van der Waals surface area contributed by atoms with Crippen molar-refractivity contribution in [2.75, 3.05) is 6.54 Å². The first-order valence-corrected chi connectivity index (χ1v) is 8.78. The first-order valence-electron chi connectivity index (χ1n) is 8.78. The molecule has 0 aliphatic heterocycles. The van der Waals surface area contributed by atoms with Gasteiger partial charge in [-0.2, -0.15) is 0 Å². The van der Waals surface area contributed by atoms with Gasteiger partial charge in [0, 0.05) is 20.6 Å². The molecule has 1 N–H and O–H groups in total. The van der Waals surface area contributed by atoms with Crippen LogP contribution in [-0.2, 0) is 25.4 Å². The van der Waals surface area contributed by atoms with Crippen molar-refractivity contribution in [2.24, 2.45) is 20.0 Å². The molecule has 2 aromatic heterocycles. The van der Waals surface area contributed by atoms with Gasteiger partial charge in [0.1, 0.15) is 6.54 Å². The van der Waals surface area contributed by atoms with Gasteiger partial charge >= 0.3 is 5.69 Å². The van der Waals surface area contributed by atoms with Gasteiger partial charge in [0.25, 0.3) is 5.56 Å². The molecular formula is C17H27N5O3. The van der Waals surface area contributed by atoms with Gasteiger partial charge in [0.15, 0.2) is 11.2 Å². The molecule has 0 spiro atoms. The minimum atomic E-state index is -0.446. The molecule has 0 aromatic carbocycles. The van der Waals surface area contributed by atoms with Gasteiger partial charge in [0.05, 0.1) is 6.33 Å². The minimum Gasteiger partial charge on any atom is -0.354 e. The van der Waals surface area contributed by atoms with E-state index in [4.69, 9.17) is 0 Å². The third-order valence-corrected chi connectivity index (χ3v) is 4.66. The van der Waals surface area contributed by atoms with Crippen molar-refractivity contribution in [3.63, 3.8) is 0 Å². The fraction of sp³-hybridized carbons (Fsp3) is 0.647. The number of imidazole rings is 1. The number of hydrogen-bond donors (Lipinski definition) is 1. The maximum Gasteiger partial charge on any atom is 0.332 e. The number of carbonyl (C=O) groups excluding carboxylic acids is 1. The Kier molecular flexibility index (Phi) is 6.17. The maximum absolute atomic E-state index is 12.4. The quantitative estimate of drug-likeness (QED) is 0.762. The molecule has 1 amide bonds. The zero-order chi connectivity index (χ0) is 18.6. The molecule has 0 aliphatic carbocycles. The number of amides is 1. The fourth-order valence-electron chi connectivity index (χ4n) is 2.93. The van der Waals surface area contributed by atoms with Crippen molar-refractivity contribution in [3.8, 4) is 0 Å². The summed E-state index contributed by atoms with van der Waals surface area (Å²) in [6.45, 7) is 4.93. The van der Waals surface area contributed by atoms with Gasteiger partial charge in [-0.3, -0.25) is 18.7 Å². The third-order valence-electron chi connectivity index (χ3n) is 4.66. The van der Waals surface area contributed by atoms with Crippen LogP contribution in [0.2, 0.25) is 0 Å². The van der Waals surface area contributed by atoms with E-state index < -0.39 is 11.2 Å². The van der Waals surface area contributed by atoms with E-state index >= 15 is 0 Å². The highest BCUT2D eigenvalue weighted by atomic mass is 16.2. The van der Waals surface area contributed by atoms with E-state index in [2.05, 4.69) is 24.1 Å². The average molecular weight is 349 g/mol. The standard InChI is InChI=1S/C17H27N5O3/c1-5-7-8-12(6-2)9-18-13(23)10-22-11-19-15-14(22)16(24)21(4)17(25)20(15)3/h11-12H,5-10H2,1-4H3,(H,18,23)/t12-/m0/s1. The Bertz CT molecular complexity index is 862. The number of rotatable bonds is 8. The van der Waals surface area contributed by atoms with Crippen molar-refractivity contribution in [1.82, 2.24) is 24.0 Å². The highest BCUT2D eigenvalue weighted by Crippen LogP contribution is 2.11. The molecule has 2 aromatic rings. The van der Waals surface area contributed by atoms with E-state index in [1.807, 2.05) is 0 Å². The minimum absolute atomic E-state index is 0.00809. The fourth-order valence-corrected chi connectivity index (χ4v) is 2.93. The van der Waals surface area contributed by atoms with Crippen LogP contribution in [0.1, 0.15) is 39.5 Å². The predicted octanol–water partition coefficient (Wildman–Crippen LogP) is 0.766. The lowest BCUT2D eigenvalue weighted by Crippen LogP contribution is -2.38. The summed E-state index contributed by atoms with van der Waals surface area (Å²) in [5.74, 6) is 0.308. The molecule has 0 aliphatic rings. The zero-order valence-electron chi connectivity index (χ0n) is 15.4. The smallest absolute Gasteiger partial charge is 0.332 e. The lowest BCUT2D eigenvalue weighted by Gasteiger charge is -2.15. The summed E-state index contributed by atoms with van der Waals surface area (Å²) in [7, 11) is 2.97. The van der Waals surface area contributed by atoms with Crippen molar-refractivity contribution < 1.29 is 4.79 Å². The van der Waals surface area contributed by atoms with Crippen LogP contribution < -0.4 is 16.6 Å². The van der Waals surface area contributed by atoms with Crippen molar-refractivity contribution in [2.45, 2.75) is 46.1 Å². The molecule has 8 nitrogen and oxygen atoms in total. The highest BCUT2D eigenvalue weighted by molar-refractivity contribution is 5.78. The summed E-state index contributed by atoms with van der Waals surface area (Å²) in [5, 5.41) is 2.94. The predicted molar refractivity (Wildman–Crippen MR) is 96.5 cm³/mol. The molecule has 0 radical (unpaired) electrons. The van der Waals surface area contributed by atoms with E-state index in [-0.39, 0.29) is 23.6 Å². The van der Waals surface area contributed by atoms with Crippen LogP contribution in [0.4, 0.5) is 0 Å². The molecule has 1 atom stereocenters. The average Bonchev–Trinajstić information content (AvgIpc) is 3.02. The number of aryl methyl sites for hydroxylation is 1. The van der Waals surface area contributed by atoms with Gasteiger partial charge < -0.3 is 9.88 Å². The second kappa shape index (κ2) is 8.13. The molecule has 2 rings (SSSR count). The summed E-state index contributed by atoms with van der Waals surface area (Å²) in [6.07, 6.45) is 5.86. The van der Waals surface area contributed by atoms with Crippen LogP contribution in [0.15, 0.2) is 15.9 Å². The van der Waals surface area contributed by atoms with E-state index in [0.717, 1.165) is 30.3 Å². The van der Waals surface area contributed by atoms with Crippen molar-refractivity contribution in [1.29, 1.82) is 0 Å². The molecule has 8 heteroatoms. The number of nitrogens with zero attached hydrogens (tertiary/aromatic N) is 4. The number of nitrogens with one attached hydrogen (secondary N) is 1. The summed E-state index contributed by atoms with van der Waals surface area (Å²) in [5.41, 5.74) is -0.334. The lowest BCUT2D eigenvalue weighted by atomic mass is 9.99. The van der Waals surface area contributed by atoms with Crippen molar-refractivity contribution >= 4 is 17.1 Å². The summed E-state index contributed by atoms with van der Waals surface area (Å²) in [6, 6.07) is 0. The van der Waals surface area contributed by atoms with Crippen LogP contribution >= 0.6 is 0 Å². The molecular weight excluding hydrogens is 322 g/mol. The Morgan fingerprint density at radius 3 is 2.60 bits per heavy atom. The normalized spacial score (nSPS) is 12.5. The topological polar surface area (TPSA) is 90.9 Å². The van der Waals surface area contributed by atoms with Gasteiger partial charge in [0.2, 0.25) is 5.91 Å². The summed E-state index contributed by atoms with van der Waals surface area (Å²) < 4.78 is 3.83. The van der Waals surface area contributed by atoms with Crippen LogP contribution in [0.25, 0.3) is 11.2 Å².